The molecule has 0 amide bonds. The average molecular weight is 527 g/mol. The summed E-state index contributed by atoms with van der Waals surface area (Å²) in [5.74, 6) is 0. The number of fused-ring (bicyclic) bond motifs is 6. The van der Waals surface area contributed by atoms with E-state index in [1.54, 1.807) is 0 Å². The minimum atomic E-state index is 0.552. The van der Waals surface area contributed by atoms with Crippen LogP contribution in [0.3, 0.4) is 0 Å². The SMILES string of the molecule is C=NCc1cccc2oc3c(-n4c5ccc(-c6ccccc6)cc5c5cc(-c6ccccc6)ccc54)cccc3c12. The fourth-order valence-electron chi connectivity index (χ4n) is 6.24. The average Bonchev–Trinajstić information content (AvgIpc) is 3.58. The van der Waals surface area contributed by atoms with Crippen LogP contribution in [-0.2, 0) is 6.54 Å². The predicted octanol–water partition coefficient (Wildman–Crippen LogP) is 10.2. The Balaban J connectivity index is 1.45. The standard InChI is InChI=1S/C38H26N2O/c1-39-24-29-14-8-17-36-37(29)30-15-9-16-35(38(30)41-36)40-33-20-18-27(25-10-4-2-5-11-25)22-31(33)32-23-28(19-21-34(32)40)26-12-6-3-7-13-26/h2-23H,1,24H2. The molecule has 3 heteroatoms. The van der Waals surface area contributed by atoms with Crippen molar-refractivity contribution in [3.63, 3.8) is 0 Å². The molecule has 0 saturated heterocycles. The Kier molecular flexibility index (Phi) is 5.36. The van der Waals surface area contributed by atoms with E-state index < -0.39 is 0 Å². The van der Waals surface area contributed by atoms with Crippen molar-refractivity contribution in [2.24, 2.45) is 4.99 Å². The maximum atomic E-state index is 6.60. The fraction of sp³-hybridized carbons (Fsp3) is 0.0263. The first-order valence-corrected chi connectivity index (χ1v) is 13.9. The van der Waals surface area contributed by atoms with Gasteiger partial charge in [-0.1, -0.05) is 97.1 Å². The molecule has 0 bridgehead atoms. The molecule has 0 spiro atoms. The second kappa shape index (κ2) is 9.35. The summed E-state index contributed by atoms with van der Waals surface area (Å²) in [5, 5.41) is 4.62. The van der Waals surface area contributed by atoms with Crippen molar-refractivity contribution in [1.29, 1.82) is 0 Å². The Morgan fingerprint density at radius 1 is 0.561 bits per heavy atom. The van der Waals surface area contributed by atoms with Gasteiger partial charge in [0.05, 0.1) is 23.3 Å². The van der Waals surface area contributed by atoms with Gasteiger partial charge in [-0.05, 0) is 70.9 Å². The third kappa shape index (κ3) is 3.70. The van der Waals surface area contributed by atoms with Crippen LogP contribution in [0.4, 0.5) is 0 Å². The molecule has 0 atom stereocenters. The fourth-order valence-corrected chi connectivity index (χ4v) is 6.24. The maximum absolute atomic E-state index is 6.60. The van der Waals surface area contributed by atoms with Crippen LogP contribution in [0.25, 0.3) is 71.7 Å². The van der Waals surface area contributed by atoms with Gasteiger partial charge in [-0.3, -0.25) is 4.99 Å². The van der Waals surface area contributed by atoms with E-state index in [2.05, 4.69) is 138 Å². The molecule has 8 rings (SSSR count). The van der Waals surface area contributed by atoms with Gasteiger partial charge in [0.15, 0.2) is 5.58 Å². The monoisotopic (exact) mass is 526 g/mol. The third-order valence-corrected chi connectivity index (χ3v) is 8.09. The molecule has 0 aliphatic rings. The Bertz CT molecular complexity index is 2140. The lowest BCUT2D eigenvalue weighted by Gasteiger charge is -2.09. The van der Waals surface area contributed by atoms with E-state index >= 15 is 0 Å². The second-order valence-corrected chi connectivity index (χ2v) is 10.5. The number of aromatic nitrogens is 1. The van der Waals surface area contributed by atoms with Gasteiger partial charge < -0.3 is 8.98 Å². The lowest BCUT2D eigenvalue weighted by atomic mass is 10.0. The number of hydrogen-bond donors (Lipinski definition) is 0. The van der Waals surface area contributed by atoms with Crippen molar-refractivity contribution < 1.29 is 4.42 Å². The molecular weight excluding hydrogens is 500 g/mol. The zero-order valence-corrected chi connectivity index (χ0v) is 22.4. The Morgan fingerprint density at radius 2 is 1.17 bits per heavy atom. The number of para-hydroxylation sites is 1. The highest BCUT2D eigenvalue weighted by atomic mass is 16.3. The van der Waals surface area contributed by atoms with E-state index in [1.807, 2.05) is 12.1 Å². The van der Waals surface area contributed by atoms with Gasteiger partial charge in [0.25, 0.3) is 0 Å². The summed E-state index contributed by atoms with van der Waals surface area (Å²) in [6.45, 7) is 4.28. The highest BCUT2D eigenvalue weighted by molar-refractivity contribution is 6.14. The zero-order chi connectivity index (χ0) is 27.3. The molecule has 2 heterocycles. The molecule has 0 saturated carbocycles. The molecular formula is C38H26N2O. The number of nitrogens with zero attached hydrogens (tertiary/aromatic N) is 2. The molecule has 41 heavy (non-hydrogen) atoms. The van der Waals surface area contributed by atoms with Crippen molar-refractivity contribution in [3.8, 4) is 27.9 Å². The smallest absolute Gasteiger partial charge is 0.159 e. The largest absolute Gasteiger partial charge is 0.454 e. The Morgan fingerprint density at radius 3 is 1.78 bits per heavy atom. The molecule has 0 radical (unpaired) electrons. The molecule has 0 aliphatic carbocycles. The molecule has 194 valence electrons. The van der Waals surface area contributed by atoms with Crippen molar-refractivity contribution in [1.82, 2.24) is 4.57 Å². The van der Waals surface area contributed by atoms with Gasteiger partial charge in [0.2, 0.25) is 0 Å². The second-order valence-electron chi connectivity index (χ2n) is 10.5. The highest BCUT2D eigenvalue weighted by Crippen LogP contribution is 2.41. The molecule has 0 fully saturated rings. The lowest BCUT2D eigenvalue weighted by molar-refractivity contribution is 0.666. The van der Waals surface area contributed by atoms with E-state index in [-0.39, 0.29) is 0 Å². The predicted molar refractivity (Wildman–Crippen MR) is 172 cm³/mol. The maximum Gasteiger partial charge on any atom is 0.159 e. The van der Waals surface area contributed by atoms with Gasteiger partial charge in [-0.15, -0.1) is 0 Å². The molecule has 3 nitrogen and oxygen atoms in total. The number of rotatable bonds is 5. The minimum absolute atomic E-state index is 0.552. The molecule has 6 aromatic carbocycles. The van der Waals surface area contributed by atoms with Gasteiger partial charge in [0.1, 0.15) is 5.58 Å². The van der Waals surface area contributed by atoms with Gasteiger partial charge in [0, 0.05) is 21.5 Å². The summed E-state index contributed by atoms with van der Waals surface area (Å²) < 4.78 is 8.95. The van der Waals surface area contributed by atoms with Crippen LogP contribution >= 0.6 is 0 Å². The summed E-state index contributed by atoms with van der Waals surface area (Å²) in [6.07, 6.45) is 0. The molecule has 2 aromatic heterocycles. The van der Waals surface area contributed by atoms with Crippen molar-refractivity contribution in [2.45, 2.75) is 6.54 Å². The molecule has 0 unspecified atom stereocenters. The first-order chi connectivity index (χ1) is 20.3. The Labute approximate surface area is 237 Å². The van der Waals surface area contributed by atoms with E-state index in [9.17, 15) is 0 Å². The lowest BCUT2D eigenvalue weighted by Crippen LogP contribution is -1.94. The summed E-state index contributed by atoms with van der Waals surface area (Å²) in [5.41, 5.74) is 11.0. The summed E-state index contributed by atoms with van der Waals surface area (Å²) in [6, 6.07) is 47.3. The van der Waals surface area contributed by atoms with Gasteiger partial charge >= 0.3 is 0 Å². The third-order valence-electron chi connectivity index (χ3n) is 8.09. The first-order valence-electron chi connectivity index (χ1n) is 13.9. The quantitative estimate of drug-likeness (QED) is 0.205. The van der Waals surface area contributed by atoms with Crippen LogP contribution < -0.4 is 0 Å². The van der Waals surface area contributed by atoms with Crippen LogP contribution in [0.1, 0.15) is 5.56 Å². The van der Waals surface area contributed by atoms with Gasteiger partial charge in [-0.2, -0.15) is 0 Å². The molecule has 0 N–H and O–H groups in total. The topological polar surface area (TPSA) is 30.4 Å². The number of aliphatic imine (C=N–C) groups is 1. The van der Waals surface area contributed by atoms with Crippen molar-refractivity contribution >= 4 is 50.5 Å². The number of furan rings is 1. The van der Waals surface area contributed by atoms with Gasteiger partial charge in [-0.25, -0.2) is 0 Å². The van der Waals surface area contributed by atoms with Crippen LogP contribution in [0.15, 0.2) is 143 Å². The summed E-state index contributed by atoms with van der Waals surface area (Å²) in [7, 11) is 0. The molecule has 8 aromatic rings. The normalized spacial score (nSPS) is 11.6. The van der Waals surface area contributed by atoms with Crippen LogP contribution in [-0.4, -0.2) is 11.3 Å². The molecule has 0 aliphatic heterocycles. The minimum Gasteiger partial charge on any atom is -0.454 e. The summed E-state index contributed by atoms with van der Waals surface area (Å²) in [4.78, 5) is 4.17. The summed E-state index contributed by atoms with van der Waals surface area (Å²) >= 11 is 0. The van der Waals surface area contributed by atoms with E-state index in [4.69, 9.17) is 4.42 Å². The van der Waals surface area contributed by atoms with Crippen molar-refractivity contribution in [2.75, 3.05) is 0 Å². The van der Waals surface area contributed by atoms with E-state index in [1.165, 1.54) is 33.0 Å². The van der Waals surface area contributed by atoms with E-state index in [0.717, 1.165) is 44.2 Å². The Hall–Kier alpha value is -5.41. The number of benzene rings is 6. The van der Waals surface area contributed by atoms with Crippen molar-refractivity contribution in [3.05, 3.63) is 139 Å². The highest BCUT2D eigenvalue weighted by Gasteiger charge is 2.19. The number of hydrogen-bond acceptors (Lipinski definition) is 2. The van der Waals surface area contributed by atoms with E-state index in [0.29, 0.717) is 6.54 Å². The van der Waals surface area contributed by atoms with Crippen LogP contribution in [0.5, 0.6) is 0 Å². The first kappa shape index (κ1) is 23.5. The zero-order valence-electron chi connectivity index (χ0n) is 22.4. The van der Waals surface area contributed by atoms with Crippen LogP contribution in [0.2, 0.25) is 0 Å². The van der Waals surface area contributed by atoms with Crippen LogP contribution in [0, 0.1) is 0 Å².